The van der Waals surface area contributed by atoms with Crippen molar-refractivity contribution >= 4 is 5.82 Å². The van der Waals surface area contributed by atoms with Crippen LogP contribution >= 0.6 is 0 Å². The van der Waals surface area contributed by atoms with Crippen molar-refractivity contribution in [3.63, 3.8) is 0 Å². The van der Waals surface area contributed by atoms with Gasteiger partial charge in [0, 0.05) is 37.7 Å². The van der Waals surface area contributed by atoms with Gasteiger partial charge in [-0.3, -0.25) is 0 Å². The maximum absolute atomic E-state index is 8.77. The first-order chi connectivity index (χ1) is 9.36. The molecular weight excluding hydrogens is 236 g/mol. The summed E-state index contributed by atoms with van der Waals surface area (Å²) in [5, 5.41) is 8.77. The molecule has 4 nitrogen and oxygen atoms in total. The van der Waals surface area contributed by atoms with Crippen LogP contribution in [-0.4, -0.2) is 22.6 Å². The van der Waals surface area contributed by atoms with E-state index in [9.17, 15) is 0 Å². The van der Waals surface area contributed by atoms with E-state index in [1.165, 1.54) is 0 Å². The zero-order valence-electron chi connectivity index (χ0n) is 10.7. The number of piperidine rings is 1. The molecule has 96 valence electrons. The zero-order chi connectivity index (χ0) is 13.1. The van der Waals surface area contributed by atoms with Crippen molar-refractivity contribution in [1.29, 1.82) is 5.26 Å². The lowest BCUT2D eigenvalue weighted by molar-refractivity contribution is 0.396. The second kappa shape index (κ2) is 5.15. The number of rotatable bonds is 2. The minimum absolute atomic E-state index is 0.602. The summed E-state index contributed by atoms with van der Waals surface area (Å²) in [4.78, 5) is 6.65. The van der Waals surface area contributed by atoms with E-state index in [4.69, 9.17) is 5.26 Å². The van der Waals surface area contributed by atoms with Gasteiger partial charge in [0.05, 0.1) is 5.56 Å². The van der Waals surface area contributed by atoms with E-state index < -0.39 is 0 Å². The van der Waals surface area contributed by atoms with E-state index >= 15 is 0 Å². The molecule has 0 N–H and O–H groups in total. The molecule has 0 bridgehead atoms. The van der Waals surface area contributed by atoms with Crippen LogP contribution in [0.1, 0.15) is 24.4 Å². The van der Waals surface area contributed by atoms with Gasteiger partial charge in [0.2, 0.25) is 0 Å². The summed E-state index contributed by atoms with van der Waals surface area (Å²) in [6, 6.07) is 10.6. The van der Waals surface area contributed by atoms with Crippen LogP contribution in [0.5, 0.6) is 0 Å². The Labute approximate surface area is 112 Å². The highest BCUT2D eigenvalue weighted by molar-refractivity contribution is 5.42. The molecule has 0 saturated carbocycles. The fourth-order valence-electron chi connectivity index (χ4n) is 2.62. The van der Waals surface area contributed by atoms with Crippen molar-refractivity contribution in [2.45, 2.75) is 18.9 Å². The second-order valence-corrected chi connectivity index (χ2v) is 4.87. The molecule has 3 rings (SSSR count). The number of aromatic nitrogens is 2. The molecule has 0 aliphatic carbocycles. The van der Waals surface area contributed by atoms with Crippen LogP contribution in [0.3, 0.4) is 0 Å². The van der Waals surface area contributed by atoms with Gasteiger partial charge in [-0.1, -0.05) is 0 Å². The Bertz CT molecular complexity index is 557. The van der Waals surface area contributed by atoms with E-state index in [1.54, 1.807) is 6.20 Å². The third kappa shape index (κ3) is 2.45. The van der Waals surface area contributed by atoms with E-state index in [0.717, 1.165) is 31.7 Å². The van der Waals surface area contributed by atoms with Gasteiger partial charge >= 0.3 is 0 Å². The molecule has 4 heteroatoms. The van der Waals surface area contributed by atoms with Gasteiger partial charge in [-0.25, -0.2) is 4.98 Å². The lowest BCUT2D eigenvalue weighted by atomic mass is 10.0. The Kier molecular flexibility index (Phi) is 3.20. The number of pyridine rings is 1. The lowest BCUT2D eigenvalue weighted by Gasteiger charge is -2.33. The van der Waals surface area contributed by atoms with Crippen LogP contribution in [0.25, 0.3) is 0 Å². The van der Waals surface area contributed by atoms with Crippen molar-refractivity contribution in [2.75, 3.05) is 18.0 Å². The van der Waals surface area contributed by atoms with Crippen LogP contribution in [0, 0.1) is 11.3 Å². The van der Waals surface area contributed by atoms with Crippen molar-refractivity contribution in [1.82, 2.24) is 9.55 Å². The lowest BCUT2D eigenvalue weighted by Crippen LogP contribution is -2.34. The number of anilines is 1. The summed E-state index contributed by atoms with van der Waals surface area (Å²) in [5.74, 6) is 0.977. The maximum atomic E-state index is 8.77. The third-order valence-electron chi connectivity index (χ3n) is 3.71. The molecule has 2 aromatic rings. The average Bonchev–Trinajstić information content (AvgIpc) is 3.02. The molecule has 0 unspecified atom stereocenters. The molecule has 1 aliphatic heterocycles. The summed E-state index contributed by atoms with van der Waals surface area (Å²) >= 11 is 0. The van der Waals surface area contributed by atoms with Crippen molar-refractivity contribution in [3.05, 3.63) is 48.4 Å². The van der Waals surface area contributed by atoms with Crippen molar-refractivity contribution < 1.29 is 0 Å². The highest BCUT2D eigenvalue weighted by Crippen LogP contribution is 2.25. The van der Waals surface area contributed by atoms with Gasteiger partial charge < -0.3 is 9.47 Å². The van der Waals surface area contributed by atoms with Crippen LogP contribution in [-0.2, 0) is 0 Å². The SMILES string of the molecule is N#Cc1ccc(N2CCC(n3cccc3)CC2)nc1. The van der Waals surface area contributed by atoms with Gasteiger partial charge in [-0.05, 0) is 37.1 Å². The molecule has 1 saturated heterocycles. The van der Waals surface area contributed by atoms with Crippen molar-refractivity contribution in [3.8, 4) is 6.07 Å². The van der Waals surface area contributed by atoms with E-state index in [2.05, 4.69) is 45.0 Å². The molecule has 3 heterocycles. The molecule has 0 aromatic carbocycles. The van der Waals surface area contributed by atoms with E-state index in [-0.39, 0.29) is 0 Å². The van der Waals surface area contributed by atoms with Crippen LogP contribution in [0.15, 0.2) is 42.9 Å². The molecule has 19 heavy (non-hydrogen) atoms. The molecule has 0 atom stereocenters. The fourth-order valence-corrected chi connectivity index (χ4v) is 2.62. The van der Waals surface area contributed by atoms with Gasteiger partial charge in [0.25, 0.3) is 0 Å². The molecule has 0 spiro atoms. The summed E-state index contributed by atoms with van der Waals surface area (Å²) in [7, 11) is 0. The summed E-state index contributed by atoms with van der Waals surface area (Å²) in [6.45, 7) is 2.03. The first-order valence-corrected chi connectivity index (χ1v) is 6.60. The molecule has 1 fully saturated rings. The molecule has 2 aromatic heterocycles. The Morgan fingerprint density at radius 1 is 1.16 bits per heavy atom. The highest BCUT2D eigenvalue weighted by Gasteiger charge is 2.20. The predicted octanol–water partition coefficient (Wildman–Crippen LogP) is 2.60. The first kappa shape index (κ1) is 11.8. The number of hydrogen-bond acceptors (Lipinski definition) is 3. The first-order valence-electron chi connectivity index (χ1n) is 6.60. The van der Waals surface area contributed by atoms with Gasteiger partial charge in [-0.15, -0.1) is 0 Å². The Morgan fingerprint density at radius 2 is 1.89 bits per heavy atom. The van der Waals surface area contributed by atoms with Gasteiger partial charge in [-0.2, -0.15) is 5.26 Å². The summed E-state index contributed by atoms with van der Waals surface area (Å²) in [6.07, 6.45) is 8.20. The minimum Gasteiger partial charge on any atom is -0.356 e. The van der Waals surface area contributed by atoms with Crippen LogP contribution in [0.4, 0.5) is 5.82 Å². The number of hydrogen-bond donors (Lipinski definition) is 0. The Hall–Kier alpha value is -2.28. The fraction of sp³-hybridized carbons (Fsp3) is 0.333. The molecule has 0 radical (unpaired) electrons. The maximum Gasteiger partial charge on any atom is 0.128 e. The number of nitriles is 1. The smallest absolute Gasteiger partial charge is 0.128 e. The monoisotopic (exact) mass is 252 g/mol. The second-order valence-electron chi connectivity index (χ2n) is 4.87. The molecule has 0 amide bonds. The topological polar surface area (TPSA) is 44.9 Å². The van der Waals surface area contributed by atoms with E-state index in [1.807, 2.05) is 12.1 Å². The normalized spacial score (nSPS) is 16.3. The van der Waals surface area contributed by atoms with E-state index in [0.29, 0.717) is 11.6 Å². The van der Waals surface area contributed by atoms with Crippen LogP contribution < -0.4 is 4.90 Å². The van der Waals surface area contributed by atoms with Crippen LogP contribution in [0.2, 0.25) is 0 Å². The Balaban J connectivity index is 1.65. The van der Waals surface area contributed by atoms with Gasteiger partial charge in [0.15, 0.2) is 0 Å². The average molecular weight is 252 g/mol. The highest BCUT2D eigenvalue weighted by atomic mass is 15.2. The predicted molar refractivity (Wildman–Crippen MR) is 73.9 cm³/mol. The summed E-state index contributed by atoms with van der Waals surface area (Å²) in [5.41, 5.74) is 0.617. The zero-order valence-corrected chi connectivity index (χ0v) is 10.7. The molecule has 1 aliphatic rings. The minimum atomic E-state index is 0.602. The third-order valence-corrected chi connectivity index (χ3v) is 3.71. The van der Waals surface area contributed by atoms with Gasteiger partial charge in [0.1, 0.15) is 11.9 Å². The van der Waals surface area contributed by atoms with Crippen molar-refractivity contribution in [2.24, 2.45) is 0 Å². The largest absolute Gasteiger partial charge is 0.356 e. The number of nitrogens with zero attached hydrogens (tertiary/aromatic N) is 4. The quantitative estimate of drug-likeness (QED) is 0.825. The molecular formula is C15H16N4. The Morgan fingerprint density at radius 3 is 2.47 bits per heavy atom. The summed E-state index contributed by atoms with van der Waals surface area (Å²) < 4.78 is 2.30. The standard InChI is InChI=1S/C15H16N4/c16-11-13-3-4-15(17-12-13)19-9-5-14(6-10-19)18-7-1-2-8-18/h1-4,7-8,12,14H,5-6,9-10H2.